The van der Waals surface area contributed by atoms with E-state index in [0.29, 0.717) is 22.6 Å². The van der Waals surface area contributed by atoms with E-state index in [9.17, 15) is 25.1 Å². The molecule has 39 heavy (non-hydrogen) atoms. The SMILES string of the molecule is COc1ccc(NC(=O)C2=c3s/c(=C\c4ccc(O)cc4)c(=O)n3C(N)=C(C#N)C2c2ccc(O)cc2)cc1. The normalized spacial score (nSPS) is 15.0. The lowest BCUT2D eigenvalue weighted by Gasteiger charge is -2.25. The van der Waals surface area contributed by atoms with E-state index in [1.165, 1.54) is 35.9 Å². The van der Waals surface area contributed by atoms with Crippen LogP contribution >= 0.6 is 11.3 Å². The summed E-state index contributed by atoms with van der Waals surface area (Å²) in [5.41, 5.74) is 7.81. The molecular formula is C29H22N4O5S. The van der Waals surface area contributed by atoms with E-state index in [2.05, 4.69) is 11.4 Å². The second-order valence-electron chi connectivity index (χ2n) is 8.68. The highest BCUT2D eigenvalue weighted by Gasteiger charge is 2.35. The van der Waals surface area contributed by atoms with Crippen molar-refractivity contribution in [3.63, 3.8) is 0 Å². The van der Waals surface area contributed by atoms with Crippen LogP contribution in [0.1, 0.15) is 17.0 Å². The Labute approximate surface area is 226 Å². The van der Waals surface area contributed by atoms with Gasteiger partial charge >= 0.3 is 0 Å². The van der Waals surface area contributed by atoms with E-state index in [-0.39, 0.29) is 37.7 Å². The molecule has 5 rings (SSSR count). The second kappa shape index (κ2) is 10.2. The van der Waals surface area contributed by atoms with Gasteiger partial charge in [0.25, 0.3) is 11.5 Å². The number of thiazole rings is 1. The Balaban J connectivity index is 1.77. The second-order valence-corrected chi connectivity index (χ2v) is 9.71. The number of ether oxygens (including phenoxy) is 1. The molecule has 0 aliphatic carbocycles. The molecule has 3 aromatic carbocycles. The number of allylic oxidation sites excluding steroid dienone is 1. The fraction of sp³-hybridized carbons (Fsp3) is 0.0690. The van der Waals surface area contributed by atoms with Gasteiger partial charge in [-0.15, -0.1) is 11.3 Å². The minimum atomic E-state index is -0.895. The largest absolute Gasteiger partial charge is 0.508 e. The monoisotopic (exact) mass is 538 g/mol. The molecule has 5 N–H and O–H groups in total. The molecule has 0 spiro atoms. The van der Waals surface area contributed by atoms with Gasteiger partial charge < -0.3 is 26.0 Å². The van der Waals surface area contributed by atoms with Gasteiger partial charge in [0.2, 0.25) is 0 Å². The molecule has 9 nitrogen and oxygen atoms in total. The van der Waals surface area contributed by atoms with E-state index in [0.717, 1.165) is 11.3 Å². The number of nitrogens with two attached hydrogens (primary N) is 1. The first-order valence-corrected chi connectivity index (χ1v) is 12.5. The number of anilines is 1. The maximum absolute atomic E-state index is 13.9. The molecule has 0 bridgehead atoms. The van der Waals surface area contributed by atoms with E-state index in [1.807, 2.05) is 0 Å². The molecule has 0 radical (unpaired) electrons. The number of rotatable bonds is 5. The summed E-state index contributed by atoms with van der Waals surface area (Å²) >= 11 is 1.07. The van der Waals surface area contributed by atoms with E-state index < -0.39 is 17.4 Å². The number of nitriles is 1. The third kappa shape index (κ3) is 4.74. The van der Waals surface area contributed by atoms with Crippen LogP contribution in [-0.4, -0.2) is 27.8 Å². The number of benzene rings is 3. The Morgan fingerprint density at radius 3 is 2.26 bits per heavy atom. The Kier molecular flexibility index (Phi) is 6.66. The molecule has 1 amide bonds. The van der Waals surface area contributed by atoms with Crippen molar-refractivity contribution in [3.05, 3.63) is 109 Å². The Bertz CT molecular complexity index is 1830. The summed E-state index contributed by atoms with van der Waals surface area (Å²) in [6, 6.07) is 21.3. The molecule has 194 valence electrons. The lowest BCUT2D eigenvalue weighted by Crippen LogP contribution is -2.40. The zero-order valence-electron chi connectivity index (χ0n) is 20.6. The van der Waals surface area contributed by atoms with Crippen molar-refractivity contribution in [3.8, 4) is 23.3 Å². The van der Waals surface area contributed by atoms with Crippen molar-refractivity contribution >= 4 is 40.4 Å². The number of nitrogens with zero attached hydrogens (tertiary/aromatic N) is 2. The van der Waals surface area contributed by atoms with Crippen molar-refractivity contribution in [2.45, 2.75) is 5.92 Å². The van der Waals surface area contributed by atoms with Gasteiger partial charge in [-0.3, -0.25) is 14.2 Å². The van der Waals surface area contributed by atoms with Crippen molar-refractivity contribution < 1.29 is 19.7 Å². The van der Waals surface area contributed by atoms with Crippen LogP contribution in [0.3, 0.4) is 0 Å². The zero-order chi connectivity index (χ0) is 27.7. The summed E-state index contributed by atoms with van der Waals surface area (Å²) in [6.45, 7) is 0. The first-order chi connectivity index (χ1) is 18.8. The summed E-state index contributed by atoms with van der Waals surface area (Å²) < 4.78 is 6.95. The first kappa shape index (κ1) is 25.4. The highest BCUT2D eigenvalue weighted by Crippen LogP contribution is 2.37. The summed E-state index contributed by atoms with van der Waals surface area (Å²) in [4.78, 5) is 27.4. The Morgan fingerprint density at radius 2 is 1.67 bits per heavy atom. The van der Waals surface area contributed by atoms with Gasteiger partial charge in [0.15, 0.2) is 0 Å². The molecule has 1 aromatic heterocycles. The number of carbonyl (C=O) groups excluding carboxylic acids is 1. The fourth-order valence-corrected chi connectivity index (χ4v) is 5.54. The Morgan fingerprint density at radius 1 is 1.05 bits per heavy atom. The molecular weight excluding hydrogens is 516 g/mol. The van der Waals surface area contributed by atoms with Gasteiger partial charge in [-0.2, -0.15) is 5.26 Å². The zero-order valence-corrected chi connectivity index (χ0v) is 21.4. The molecule has 1 aliphatic rings. The van der Waals surface area contributed by atoms with Gasteiger partial charge in [-0.1, -0.05) is 24.3 Å². The lowest BCUT2D eigenvalue weighted by molar-refractivity contribution is -0.111. The van der Waals surface area contributed by atoms with Crippen LogP contribution in [0.15, 0.2) is 83.2 Å². The number of carbonyl (C=O) groups is 1. The maximum Gasteiger partial charge on any atom is 0.274 e. The van der Waals surface area contributed by atoms with Crippen LogP contribution in [0.25, 0.3) is 17.5 Å². The molecule has 2 heterocycles. The number of phenolic OH excluding ortho intramolecular Hbond substituents is 2. The van der Waals surface area contributed by atoms with Crippen molar-refractivity contribution in [1.82, 2.24) is 4.57 Å². The number of phenols is 2. The third-order valence-corrected chi connectivity index (χ3v) is 7.39. The number of methoxy groups -OCH3 is 1. The van der Waals surface area contributed by atoms with Crippen LogP contribution in [0.2, 0.25) is 0 Å². The molecule has 1 unspecified atom stereocenters. The minimum Gasteiger partial charge on any atom is -0.508 e. The van der Waals surface area contributed by atoms with Crippen LogP contribution in [0, 0.1) is 11.3 Å². The highest BCUT2D eigenvalue weighted by molar-refractivity contribution is 7.07. The minimum absolute atomic E-state index is 0.0214. The molecule has 1 aliphatic heterocycles. The number of fused-ring (bicyclic) bond motifs is 1. The summed E-state index contributed by atoms with van der Waals surface area (Å²) in [6.07, 6.45) is 1.63. The summed E-state index contributed by atoms with van der Waals surface area (Å²) in [7, 11) is 1.54. The van der Waals surface area contributed by atoms with Gasteiger partial charge in [0, 0.05) is 5.69 Å². The first-order valence-electron chi connectivity index (χ1n) is 11.7. The molecule has 0 saturated carbocycles. The highest BCUT2D eigenvalue weighted by atomic mass is 32.1. The Hall–Kier alpha value is -5.27. The van der Waals surface area contributed by atoms with Crippen LogP contribution in [0.4, 0.5) is 5.69 Å². The number of aromatic hydroxyl groups is 2. The number of nitrogens with one attached hydrogen (secondary N) is 1. The van der Waals surface area contributed by atoms with Gasteiger partial charge in [-0.05, 0) is 65.7 Å². The fourth-order valence-electron chi connectivity index (χ4n) is 4.36. The summed E-state index contributed by atoms with van der Waals surface area (Å²) in [5.74, 6) is -0.767. The van der Waals surface area contributed by atoms with Gasteiger partial charge in [-0.25, -0.2) is 0 Å². The number of amides is 1. The molecule has 10 heteroatoms. The van der Waals surface area contributed by atoms with Gasteiger partial charge in [0.05, 0.1) is 34.8 Å². The smallest absolute Gasteiger partial charge is 0.274 e. The van der Waals surface area contributed by atoms with E-state index in [4.69, 9.17) is 10.5 Å². The molecule has 0 fully saturated rings. The van der Waals surface area contributed by atoms with Gasteiger partial charge in [0.1, 0.15) is 27.7 Å². The predicted molar refractivity (Wildman–Crippen MR) is 148 cm³/mol. The van der Waals surface area contributed by atoms with E-state index in [1.54, 1.807) is 54.6 Å². The third-order valence-electron chi connectivity index (χ3n) is 6.28. The quantitative estimate of drug-likeness (QED) is 0.305. The van der Waals surface area contributed by atoms with Crippen molar-refractivity contribution in [2.75, 3.05) is 12.4 Å². The number of hydrogen-bond donors (Lipinski definition) is 4. The van der Waals surface area contributed by atoms with Crippen LogP contribution in [0.5, 0.6) is 17.2 Å². The van der Waals surface area contributed by atoms with Crippen molar-refractivity contribution in [1.29, 1.82) is 5.26 Å². The average molecular weight is 539 g/mol. The van der Waals surface area contributed by atoms with Crippen molar-refractivity contribution in [2.24, 2.45) is 5.73 Å². The average Bonchev–Trinajstić information content (AvgIpc) is 3.26. The molecule has 1 atom stereocenters. The van der Waals surface area contributed by atoms with Crippen LogP contribution in [-0.2, 0) is 4.79 Å². The summed E-state index contributed by atoms with van der Waals surface area (Å²) in [5, 5.41) is 32.4. The number of hydrogen-bond acceptors (Lipinski definition) is 8. The molecule has 4 aromatic rings. The maximum atomic E-state index is 13.9. The standard InChI is InChI=1S/C29H22N4O5S/c1-38-21-12-6-18(7-13-21)32-27(36)25-24(17-4-10-20(35)11-5-17)22(15-30)26(31)33-28(37)23(39-29(25)33)14-16-2-8-19(34)9-3-16/h2-14,24,34-35H,31H2,1H3,(H,32,36)/b23-14-. The number of aromatic nitrogens is 1. The van der Waals surface area contributed by atoms with Crippen LogP contribution < -0.4 is 30.5 Å². The predicted octanol–water partition coefficient (Wildman–Crippen LogP) is 2.40. The molecule has 0 saturated heterocycles. The lowest BCUT2D eigenvalue weighted by atomic mass is 9.83. The van der Waals surface area contributed by atoms with E-state index >= 15 is 0 Å². The topological polar surface area (TPSA) is 151 Å².